The van der Waals surface area contributed by atoms with Crippen LogP contribution < -0.4 is 11.1 Å². The number of nitrogens with zero attached hydrogens (tertiary/aromatic N) is 2. The van der Waals surface area contributed by atoms with Crippen LogP contribution >= 0.6 is 11.3 Å². The van der Waals surface area contributed by atoms with Crippen molar-refractivity contribution in [3.63, 3.8) is 0 Å². The number of nitrogens with two attached hydrogens (primary N) is 1. The molecule has 2 heterocycles. The number of amides is 1. The zero-order chi connectivity index (χ0) is 15.9. The lowest BCUT2D eigenvalue weighted by molar-refractivity contribution is -0.0679. The summed E-state index contributed by atoms with van der Waals surface area (Å²) in [6.45, 7) is 8.35. The first-order chi connectivity index (χ1) is 10.6. The normalized spacial score (nSPS) is 22.7. The van der Waals surface area contributed by atoms with Crippen molar-refractivity contribution in [2.24, 2.45) is 5.73 Å². The maximum Gasteiger partial charge on any atom is 0.270 e. The summed E-state index contributed by atoms with van der Waals surface area (Å²) in [4.78, 5) is 18.7. The molecule has 1 saturated heterocycles. The van der Waals surface area contributed by atoms with Crippen LogP contribution in [0.2, 0.25) is 0 Å². The molecule has 1 aliphatic rings. The van der Waals surface area contributed by atoms with E-state index in [1.807, 2.05) is 0 Å². The number of nitrogens with one attached hydrogen (secondary N) is 1. The smallest absolute Gasteiger partial charge is 0.270 e. The molecular weight excluding hydrogens is 300 g/mol. The number of hydrogen-bond acceptors (Lipinski definition) is 6. The lowest BCUT2D eigenvalue weighted by Gasteiger charge is -2.35. The van der Waals surface area contributed by atoms with Crippen LogP contribution in [0.25, 0.3) is 0 Å². The number of morpholine rings is 1. The number of thiazole rings is 1. The molecule has 0 radical (unpaired) electrons. The Kier molecular flexibility index (Phi) is 6.75. The molecule has 0 spiro atoms. The summed E-state index contributed by atoms with van der Waals surface area (Å²) in [5.74, 6) is -0.0942. The molecule has 2 rings (SSSR count). The van der Waals surface area contributed by atoms with E-state index in [0.29, 0.717) is 18.8 Å². The lowest BCUT2D eigenvalue weighted by Crippen LogP contribution is -2.46. The van der Waals surface area contributed by atoms with Crippen molar-refractivity contribution < 1.29 is 9.53 Å². The number of aromatic nitrogens is 1. The van der Waals surface area contributed by atoms with E-state index >= 15 is 0 Å². The number of hydrogen-bond donors (Lipinski definition) is 2. The Morgan fingerprint density at radius 1 is 1.50 bits per heavy atom. The van der Waals surface area contributed by atoms with Crippen LogP contribution in [0.1, 0.15) is 35.8 Å². The van der Waals surface area contributed by atoms with Gasteiger partial charge in [-0.25, -0.2) is 4.98 Å². The van der Waals surface area contributed by atoms with E-state index in [0.717, 1.165) is 37.5 Å². The number of carbonyl (C=O) groups excluding carboxylic acids is 1. The van der Waals surface area contributed by atoms with Crippen molar-refractivity contribution >= 4 is 17.2 Å². The van der Waals surface area contributed by atoms with Gasteiger partial charge in [-0.2, -0.15) is 0 Å². The molecule has 0 bridgehead atoms. The highest BCUT2D eigenvalue weighted by Gasteiger charge is 2.21. The summed E-state index contributed by atoms with van der Waals surface area (Å²) >= 11 is 1.49. The molecule has 1 aromatic heterocycles. The molecule has 7 heteroatoms. The molecule has 0 saturated carbocycles. The summed E-state index contributed by atoms with van der Waals surface area (Å²) in [6.07, 6.45) is 2.24. The third-order valence-electron chi connectivity index (χ3n) is 3.57. The third kappa shape index (κ3) is 5.31. The highest BCUT2D eigenvalue weighted by atomic mass is 32.1. The highest BCUT2D eigenvalue weighted by molar-refractivity contribution is 7.09. The fourth-order valence-corrected chi connectivity index (χ4v) is 3.51. The van der Waals surface area contributed by atoms with E-state index in [-0.39, 0.29) is 18.1 Å². The van der Waals surface area contributed by atoms with Gasteiger partial charge in [-0.05, 0) is 26.8 Å². The van der Waals surface area contributed by atoms with Crippen molar-refractivity contribution in [1.29, 1.82) is 0 Å². The van der Waals surface area contributed by atoms with Gasteiger partial charge < -0.3 is 15.8 Å². The van der Waals surface area contributed by atoms with Crippen LogP contribution in [0.5, 0.6) is 0 Å². The molecule has 22 heavy (non-hydrogen) atoms. The zero-order valence-electron chi connectivity index (χ0n) is 13.4. The molecule has 6 nitrogen and oxygen atoms in total. The van der Waals surface area contributed by atoms with Crippen molar-refractivity contribution in [3.05, 3.63) is 16.1 Å². The molecule has 124 valence electrons. The SMILES string of the molecule is CC1CN(CCCNC(=O)c2csc(CCN)n2)CC(C)O1. The first kappa shape index (κ1) is 17.3. The van der Waals surface area contributed by atoms with Gasteiger partial charge in [0.05, 0.1) is 17.2 Å². The number of ether oxygens (including phenoxy) is 1. The van der Waals surface area contributed by atoms with Crippen molar-refractivity contribution in [3.8, 4) is 0 Å². The average Bonchev–Trinajstić information content (AvgIpc) is 2.91. The molecule has 1 amide bonds. The standard InChI is InChI=1S/C15H26N4O2S/c1-11-8-19(9-12(2)21-11)7-3-6-17-15(20)13-10-22-14(18-13)4-5-16/h10-12H,3-9,16H2,1-2H3,(H,17,20). The van der Waals surface area contributed by atoms with Gasteiger partial charge in [0, 0.05) is 38.0 Å². The van der Waals surface area contributed by atoms with Crippen LogP contribution in [-0.2, 0) is 11.2 Å². The Balaban J connectivity index is 1.66. The molecule has 2 atom stereocenters. The Labute approximate surface area is 136 Å². The topological polar surface area (TPSA) is 80.5 Å². The second-order valence-corrected chi connectivity index (χ2v) is 6.73. The monoisotopic (exact) mass is 326 g/mol. The predicted octanol–water partition coefficient (Wildman–Crippen LogP) is 0.873. The first-order valence-corrected chi connectivity index (χ1v) is 8.77. The van der Waals surface area contributed by atoms with Crippen LogP contribution in [0.4, 0.5) is 0 Å². The molecule has 3 N–H and O–H groups in total. The highest BCUT2D eigenvalue weighted by Crippen LogP contribution is 2.11. The van der Waals surface area contributed by atoms with Crippen molar-refractivity contribution in [2.75, 3.05) is 32.7 Å². The second-order valence-electron chi connectivity index (χ2n) is 5.79. The van der Waals surface area contributed by atoms with Gasteiger partial charge in [-0.1, -0.05) is 0 Å². The van der Waals surface area contributed by atoms with E-state index in [9.17, 15) is 4.79 Å². The molecule has 1 aromatic rings. The van der Waals surface area contributed by atoms with Gasteiger partial charge >= 0.3 is 0 Å². The van der Waals surface area contributed by atoms with Gasteiger partial charge in [0.15, 0.2) is 0 Å². The van der Waals surface area contributed by atoms with Crippen molar-refractivity contribution in [2.45, 2.75) is 38.9 Å². The minimum Gasteiger partial charge on any atom is -0.373 e. The Morgan fingerprint density at radius 3 is 2.91 bits per heavy atom. The van der Waals surface area contributed by atoms with E-state index in [1.165, 1.54) is 11.3 Å². The summed E-state index contributed by atoms with van der Waals surface area (Å²) in [6, 6.07) is 0. The Hall–Kier alpha value is -1.02. The summed E-state index contributed by atoms with van der Waals surface area (Å²) in [5.41, 5.74) is 5.99. The van der Waals surface area contributed by atoms with Crippen LogP contribution in [0, 0.1) is 0 Å². The number of carbonyl (C=O) groups is 1. The van der Waals surface area contributed by atoms with Crippen LogP contribution in [-0.4, -0.2) is 60.7 Å². The maximum atomic E-state index is 12.0. The van der Waals surface area contributed by atoms with E-state index in [1.54, 1.807) is 5.38 Å². The molecular formula is C15H26N4O2S. The van der Waals surface area contributed by atoms with Crippen LogP contribution in [0.15, 0.2) is 5.38 Å². The van der Waals surface area contributed by atoms with Crippen LogP contribution in [0.3, 0.4) is 0 Å². The zero-order valence-corrected chi connectivity index (χ0v) is 14.2. The Bertz CT molecular complexity index is 470. The maximum absolute atomic E-state index is 12.0. The number of rotatable bonds is 7. The lowest BCUT2D eigenvalue weighted by atomic mass is 10.2. The summed E-state index contributed by atoms with van der Waals surface area (Å²) in [7, 11) is 0. The third-order valence-corrected chi connectivity index (χ3v) is 4.48. The minimum absolute atomic E-state index is 0.0942. The molecule has 1 fully saturated rings. The second kappa shape index (κ2) is 8.57. The average molecular weight is 326 g/mol. The molecule has 0 aromatic carbocycles. The molecule has 1 aliphatic heterocycles. The largest absolute Gasteiger partial charge is 0.373 e. The van der Waals surface area contributed by atoms with Gasteiger partial charge in [-0.15, -0.1) is 11.3 Å². The minimum atomic E-state index is -0.0942. The van der Waals surface area contributed by atoms with Crippen molar-refractivity contribution in [1.82, 2.24) is 15.2 Å². The van der Waals surface area contributed by atoms with Gasteiger partial charge in [0.25, 0.3) is 5.91 Å². The van der Waals surface area contributed by atoms with E-state index < -0.39 is 0 Å². The first-order valence-electron chi connectivity index (χ1n) is 7.89. The summed E-state index contributed by atoms with van der Waals surface area (Å²) < 4.78 is 5.71. The predicted molar refractivity (Wildman–Crippen MR) is 88.3 cm³/mol. The molecule has 0 aliphatic carbocycles. The van der Waals surface area contributed by atoms with Gasteiger partial charge in [0.1, 0.15) is 5.69 Å². The van der Waals surface area contributed by atoms with E-state index in [4.69, 9.17) is 10.5 Å². The fourth-order valence-electron chi connectivity index (χ4n) is 2.72. The van der Waals surface area contributed by atoms with Gasteiger partial charge in [0.2, 0.25) is 0 Å². The quantitative estimate of drug-likeness (QED) is 0.727. The Morgan fingerprint density at radius 2 is 2.23 bits per heavy atom. The fraction of sp³-hybridized carbons (Fsp3) is 0.733. The van der Waals surface area contributed by atoms with E-state index in [2.05, 4.69) is 29.0 Å². The molecule has 2 unspecified atom stereocenters. The summed E-state index contributed by atoms with van der Waals surface area (Å²) in [5, 5.41) is 5.65. The van der Waals surface area contributed by atoms with Gasteiger partial charge in [-0.3, -0.25) is 9.69 Å².